The molecule has 6 heteroatoms. The minimum absolute atomic E-state index is 0.0324. The van der Waals surface area contributed by atoms with Gasteiger partial charge in [-0.05, 0) is 48.7 Å². The van der Waals surface area contributed by atoms with Gasteiger partial charge in [0.1, 0.15) is 5.75 Å². The van der Waals surface area contributed by atoms with E-state index in [1.165, 1.54) is 17.0 Å². The minimum Gasteiger partial charge on any atom is -0.454 e. The van der Waals surface area contributed by atoms with Crippen molar-refractivity contribution in [2.75, 3.05) is 14.1 Å². The van der Waals surface area contributed by atoms with E-state index in [9.17, 15) is 18.0 Å². The first kappa shape index (κ1) is 18.3. The maximum atomic E-state index is 14.2. The van der Waals surface area contributed by atoms with Crippen molar-refractivity contribution in [2.45, 2.75) is 31.1 Å². The number of hydrogen-bond donors (Lipinski definition) is 0. The van der Waals surface area contributed by atoms with Crippen LogP contribution in [0.4, 0.5) is 13.2 Å². The first-order chi connectivity index (χ1) is 12.1. The number of benzene rings is 2. The van der Waals surface area contributed by atoms with E-state index in [1.807, 2.05) is 0 Å². The summed E-state index contributed by atoms with van der Waals surface area (Å²) in [6.45, 7) is 0.941. The van der Waals surface area contributed by atoms with E-state index < -0.39 is 17.2 Å². The summed E-state index contributed by atoms with van der Waals surface area (Å²) in [5, 5.41) is 0. The standard InChI is InChI=1S/C20H20F3NO2/c1-19(22,23)20(10-11-20)14-5-7-15(8-6-14)26-17-9-4-13(12-16(17)21)18(25)24(2)3/h4-9,12H,10-11H2,1-3H3. The SMILES string of the molecule is CN(C)C(=O)c1ccc(Oc2ccc(C3(C(C)(F)F)CC3)cc2)c(F)c1. The fraction of sp³-hybridized carbons (Fsp3) is 0.350. The Kier molecular flexibility index (Phi) is 4.46. The van der Waals surface area contributed by atoms with Crippen LogP contribution in [0.2, 0.25) is 0 Å². The Bertz CT molecular complexity index is 822. The first-order valence-corrected chi connectivity index (χ1v) is 8.31. The van der Waals surface area contributed by atoms with Gasteiger partial charge < -0.3 is 9.64 Å². The van der Waals surface area contributed by atoms with Crippen molar-refractivity contribution in [1.82, 2.24) is 4.90 Å². The molecule has 1 aliphatic carbocycles. The van der Waals surface area contributed by atoms with Crippen LogP contribution in [-0.4, -0.2) is 30.8 Å². The van der Waals surface area contributed by atoms with Crippen LogP contribution in [0.15, 0.2) is 42.5 Å². The molecule has 0 heterocycles. The molecule has 0 atom stereocenters. The van der Waals surface area contributed by atoms with Crippen LogP contribution in [0.3, 0.4) is 0 Å². The molecule has 0 unspecified atom stereocenters. The molecule has 0 aromatic heterocycles. The molecule has 2 aromatic carbocycles. The van der Waals surface area contributed by atoms with Gasteiger partial charge in [-0.15, -0.1) is 0 Å². The lowest BCUT2D eigenvalue weighted by Crippen LogP contribution is -2.29. The van der Waals surface area contributed by atoms with Gasteiger partial charge in [0.25, 0.3) is 11.8 Å². The molecule has 1 aliphatic rings. The number of ether oxygens (including phenoxy) is 1. The van der Waals surface area contributed by atoms with Crippen molar-refractivity contribution in [2.24, 2.45) is 0 Å². The highest BCUT2D eigenvalue weighted by Gasteiger charge is 2.59. The Morgan fingerprint density at radius 3 is 2.19 bits per heavy atom. The summed E-state index contributed by atoms with van der Waals surface area (Å²) >= 11 is 0. The minimum atomic E-state index is -2.78. The zero-order valence-electron chi connectivity index (χ0n) is 14.9. The molecule has 0 radical (unpaired) electrons. The summed E-state index contributed by atoms with van der Waals surface area (Å²) in [7, 11) is 3.16. The highest BCUT2D eigenvalue weighted by Crippen LogP contribution is 2.58. The summed E-state index contributed by atoms with van der Waals surface area (Å²) in [6.07, 6.45) is 0.902. The molecule has 3 rings (SSSR count). The quantitative estimate of drug-likeness (QED) is 0.748. The number of carbonyl (C=O) groups is 1. The number of rotatable bonds is 5. The molecule has 0 aliphatic heterocycles. The zero-order chi connectivity index (χ0) is 19.1. The molecule has 1 amide bonds. The van der Waals surface area contributed by atoms with Crippen LogP contribution in [0.5, 0.6) is 11.5 Å². The van der Waals surface area contributed by atoms with Gasteiger partial charge in [0.05, 0.1) is 5.41 Å². The van der Waals surface area contributed by atoms with E-state index in [1.54, 1.807) is 38.4 Å². The highest BCUT2D eigenvalue weighted by molar-refractivity contribution is 5.94. The van der Waals surface area contributed by atoms with Crippen molar-refractivity contribution in [3.05, 3.63) is 59.4 Å². The average Bonchev–Trinajstić information content (AvgIpc) is 3.38. The molecular formula is C20H20F3NO2. The van der Waals surface area contributed by atoms with Gasteiger partial charge in [-0.25, -0.2) is 13.2 Å². The lowest BCUT2D eigenvalue weighted by molar-refractivity contribution is -0.0200. The molecule has 26 heavy (non-hydrogen) atoms. The van der Waals surface area contributed by atoms with Crippen molar-refractivity contribution in [3.63, 3.8) is 0 Å². The lowest BCUT2D eigenvalue weighted by atomic mass is 9.90. The zero-order valence-corrected chi connectivity index (χ0v) is 14.9. The van der Waals surface area contributed by atoms with Gasteiger partial charge in [-0.2, -0.15) is 0 Å². The third-order valence-electron chi connectivity index (χ3n) is 4.81. The monoisotopic (exact) mass is 363 g/mol. The summed E-state index contributed by atoms with van der Waals surface area (Å²) in [6, 6.07) is 10.3. The molecular weight excluding hydrogens is 343 g/mol. The lowest BCUT2D eigenvalue weighted by Gasteiger charge is -2.23. The number of halogens is 3. The Hall–Kier alpha value is -2.50. The summed E-state index contributed by atoms with van der Waals surface area (Å²) in [5.41, 5.74) is -0.314. The fourth-order valence-corrected chi connectivity index (χ4v) is 3.05. The Morgan fingerprint density at radius 1 is 1.12 bits per heavy atom. The molecule has 1 fully saturated rings. The molecule has 0 bridgehead atoms. The summed E-state index contributed by atoms with van der Waals surface area (Å²) in [4.78, 5) is 13.2. The average molecular weight is 363 g/mol. The second-order valence-corrected chi connectivity index (χ2v) is 6.94. The molecule has 2 aromatic rings. The molecule has 0 saturated heterocycles. The topological polar surface area (TPSA) is 29.5 Å². The van der Waals surface area contributed by atoms with Crippen LogP contribution in [0.25, 0.3) is 0 Å². The third kappa shape index (κ3) is 3.28. The Morgan fingerprint density at radius 2 is 1.73 bits per heavy atom. The fourth-order valence-electron chi connectivity index (χ4n) is 3.05. The maximum Gasteiger partial charge on any atom is 0.254 e. The van der Waals surface area contributed by atoms with Crippen LogP contribution >= 0.6 is 0 Å². The molecule has 3 nitrogen and oxygen atoms in total. The summed E-state index contributed by atoms with van der Waals surface area (Å²) < 4.78 is 47.3. The molecule has 0 spiro atoms. The van der Waals surface area contributed by atoms with E-state index in [0.717, 1.165) is 13.0 Å². The van der Waals surface area contributed by atoms with Gasteiger partial charge in [-0.3, -0.25) is 4.79 Å². The van der Waals surface area contributed by atoms with Crippen molar-refractivity contribution >= 4 is 5.91 Å². The number of alkyl halides is 2. The van der Waals surface area contributed by atoms with Gasteiger partial charge in [-0.1, -0.05) is 12.1 Å². The van der Waals surface area contributed by atoms with Crippen LogP contribution in [-0.2, 0) is 5.41 Å². The third-order valence-corrected chi connectivity index (χ3v) is 4.81. The van der Waals surface area contributed by atoms with Crippen LogP contribution in [0, 0.1) is 5.82 Å². The summed E-state index contributed by atoms with van der Waals surface area (Å²) in [5.74, 6) is -3.45. The van der Waals surface area contributed by atoms with Crippen molar-refractivity contribution < 1.29 is 22.7 Å². The van der Waals surface area contributed by atoms with E-state index >= 15 is 0 Å². The second-order valence-electron chi connectivity index (χ2n) is 6.94. The Balaban J connectivity index is 1.77. The number of hydrogen-bond acceptors (Lipinski definition) is 2. The van der Waals surface area contributed by atoms with E-state index in [2.05, 4.69) is 0 Å². The van der Waals surface area contributed by atoms with Gasteiger partial charge in [0, 0.05) is 26.6 Å². The smallest absolute Gasteiger partial charge is 0.254 e. The normalized spacial score (nSPS) is 15.5. The van der Waals surface area contributed by atoms with Crippen LogP contribution in [0.1, 0.15) is 35.7 Å². The predicted molar refractivity (Wildman–Crippen MR) is 92.5 cm³/mol. The highest BCUT2D eigenvalue weighted by atomic mass is 19.3. The molecule has 0 N–H and O–H groups in total. The van der Waals surface area contributed by atoms with E-state index in [0.29, 0.717) is 24.2 Å². The Labute approximate surface area is 150 Å². The largest absolute Gasteiger partial charge is 0.454 e. The van der Waals surface area contributed by atoms with Crippen molar-refractivity contribution in [3.8, 4) is 11.5 Å². The van der Waals surface area contributed by atoms with Gasteiger partial charge in [0.15, 0.2) is 11.6 Å². The first-order valence-electron chi connectivity index (χ1n) is 8.31. The predicted octanol–water partition coefficient (Wildman–Crippen LogP) is 5.01. The van der Waals surface area contributed by atoms with Crippen molar-refractivity contribution in [1.29, 1.82) is 0 Å². The maximum absolute atomic E-state index is 14.2. The van der Waals surface area contributed by atoms with Crippen LogP contribution < -0.4 is 4.74 Å². The van der Waals surface area contributed by atoms with E-state index in [4.69, 9.17) is 4.74 Å². The second kappa shape index (κ2) is 6.34. The number of nitrogens with zero attached hydrogens (tertiary/aromatic N) is 1. The van der Waals surface area contributed by atoms with E-state index in [-0.39, 0.29) is 17.2 Å². The molecule has 1 saturated carbocycles. The molecule has 138 valence electrons. The van der Waals surface area contributed by atoms with Gasteiger partial charge >= 0.3 is 0 Å². The van der Waals surface area contributed by atoms with Gasteiger partial charge in [0.2, 0.25) is 0 Å². The number of amides is 1. The number of carbonyl (C=O) groups excluding carboxylic acids is 1.